The highest BCUT2D eigenvalue weighted by molar-refractivity contribution is 6.30. The van der Waals surface area contributed by atoms with Crippen molar-refractivity contribution in [3.05, 3.63) is 118 Å². The van der Waals surface area contributed by atoms with Crippen molar-refractivity contribution in [2.75, 3.05) is 6.54 Å². The van der Waals surface area contributed by atoms with Crippen LogP contribution in [0.15, 0.2) is 84.9 Å². The normalized spacial score (nSPS) is 13.6. The van der Waals surface area contributed by atoms with E-state index >= 15 is 0 Å². The molecule has 0 heterocycles. The van der Waals surface area contributed by atoms with Gasteiger partial charge in [0.2, 0.25) is 0 Å². The maximum Gasteiger partial charge on any atom is 0.308 e. The largest absolute Gasteiger partial charge is 0.481 e. The topological polar surface area (TPSA) is 66.4 Å². The fourth-order valence-corrected chi connectivity index (χ4v) is 5.14. The molecule has 4 aromatic carbocycles. The quantitative estimate of drug-likeness (QED) is 0.219. The van der Waals surface area contributed by atoms with Crippen molar-refractivity contribution in [2.24, 2.45) is 5.92 Å². The molecule has 38 heavy (non-hydrogen) atoms. The number of hydrogen-bond donors (Lipinski definition) is 2. The van der Waals surface area contributed by atoms with Crippen LogP contribution in [0.2, 0.25) is 5.02 Å². The van der Waals surface area contributed by atoms with Gasteiger partial charge < -0.3 is 10.4 Å². The van der Waals surface area contributed by atoms with Crippen LogP contribution in [0.4, 0.5) is 4.39 Å². The Morgan fingerprint density at radius 3 is 2.16 bits per heavy atom. The van der Waals surface area contributed by atoms with E-state index in [9.17, 15) is 14.0 Å². The first-order valence-electron chi connectivity index (χ1n) is 12.8. The Hall–Kier alpha value is -3.70. The number of fused-ring (bicyclic) bond motifs is 1. The lowest BCUT2D eigenvalue weighted by Gasteiger charge is -2.30. The molecular weight excluding hydrogens is 501 g/mol. The zero-order chi connectivity index (χ0) is 27.2. The molecule has 196 valence electrons. The number of benzene rings is 4. The Kier molecular flexibility index (Phi) is 8.80. The van der Waals surface area contributed by atoms with Gasteiger partial charge in [-0.15, -0.1) is 0 Å². The molecule has 0 aliphatic carbocycles. The standard InChI is InChI=1S/C32H31ClFNO3/c1-3-6-25(21-9-11-23(12-10-21)31(36)35-19-20(2)32(37)38)30(22-13-15-24(33)16-14-22)28-17-18-29(34)27-8-5-4-7-26(27)28/h4-5,7-18,20,25,30H,3,6,19H2,1-2H3,(H,35,36)(H,37,38)/t20?,25-,30?/m1/s1. The van der Waals surface area contributed by atoms with Gasteiger partial charge in [0.1, 0.15) is 5.82 Å². The molecule has 0 aromatic heterocycles. The van der Waals surface area contributed by atoms with E-state index in [1.165, 1.54) is 6.07 Å². The maximum atomic E-state index is 14.7. The number of hydrogen-bond acceptors (Lipinski definition) is 2. The highest BCUT2D eigenvalue weighted by Gasteiger charge is 2.28. The highest BCUT2D eigenvalue weighted by Crippen LogP contribution is 2.44. The van der Waals surface area contributed by atoms with Crippen LogP contribution in [0.3, 0.4) is 0 Å². The summed E-state index contributed by atoms with van der Waals surface area (Å²) in [5.41, 5.74) is 3.65. The van der Waals surface area contributed by atoms with Crippen LogP contribution in [0.5, 0.6) is 0 Å². The van der Waals surface area contributed by atoms with Gasteiger partial charge in [-0.05, 0) is 64.7 Å². The average molecular weight is 532 g/mol. The summed E-state index contributed by atoms with van der Waals surface area (Å²) in [4.78, 5) is 23.7. The number of amides is 1. The molecule has 0 saturated heterocycles. The second-order valence-electron chi connectivity index (χ2n) is 9.68. The molecule has 2 unspecified atom stereocenters. The maximum absolute atomic E-state index is 14.7. The Labute approximate surface area is 227 Å². The van der Waals surface area contributed by atoms with Gasteiger partial charge in [0.15, 0.2) is 0 Å². The molecule has 3 atom stereocenters. The molecule has 0 aliphatic rings. The van der Waals surface area contributed by atoms with Crippen LogP contribution in [0.1, 0.15) is 65.6 Å². The lowest BCUT2D eigenvalue weighted by molar-refractivity contribution is -0.140. The van der Waals surface area contributed by atoms with E-state index in [0.29, 0.717) is 16.0 Å². The number of halogens is 2. The van der Waals surface area contributed by atoms with Gasteiger partial charge in [-0.25, -0.2) is 4.39 Å². The number of carbonyl (C=O) groups is 2. The van der Waals surface area contributed by atoms with Gasteiger partial charge in [-0.3, -0.25) is 9.59 Å². The molecule has 2 N–H and O–H groups in total. The molecule has 0 spiro atoms. The Morgan fingerprint density at radius 2 is 1.53 bits per heavy atom. The lowest BCUT2D eigenvalue weighted by atomic mass is 9.74. The minimum Gasteiger partial charge on any atom is -0.481 e. The number of carbonyl (C=O) groups excluding carboxylic acids is 1. The molecule has 0 fully saturated rings. The minimum atomic E-state index is -0.954. The third-order valence-corrected chi connectivity index (χ3v) is 7.31. The van der Waals surface area contributed by atoms with Crippen LogP contribution in [-0.4, -0.2) is 23.5 Å². The summed E-state index contributed by atoms with van der Waals surface area (Å²) in [5.74, 6) is -2.20. The fraction of sp³-hybridized carbons (Fsp3) is 0.250. The summed E-state index contributed by atoms with van der Waals surface area (Å²) < 4.78 is 14.7. The van der Waals surface area contributed by atoms with Crippen LogP contribution in [0.25, 0.3) is 10.8 Å². The van der Waals surface area contributed by atoms with E-state index in [0.717, 1.165) is 34.9 Å². The summed E-state index contributed by atoms with van der Waals surface area (Å²) in [5, 5.41) is 13.9. The van der Waals surface area contributed by atoms with E-state index in [1.54, 1.807) is 25.1 Å². The molecule has 6 heteroatoms. The van der Waals surface area contributed by atoms with Crippen molar-refractivity contribution < 1.29 is 19.1 Å². The lowest BCUT2D eigenvalue weighted by Crippen LogP contribution is -2.31. The van der Waals surface area contributed by atoms with Gasteiger partial charge in [-0.2, -0.15) is 0 Å². The fourth-order valence-electron chi connectivity index (χ4n) is 5.01. The first-order valence-corrected chi connectivity index (χ1v) is 13.2. The smallest absolute Gasteiger partial charge is 0.308 e. The van der Waals surface area contributed by atoms with E-state index in [1.807, 2.05) is 60.7 Å². The number of aliphatic carboxylic acids is 1. The number of carboxylic acids is 1. The first-order chi connectivity index (χ1) is 18.3. The van der Waals surface area contributed by atoms with Crippen LogP contribution < -0.4 is 5.32 Å². The Balaban J connectivity index is 1.75. The van der Waals surface area contributed by atoms with Gasteiger partial charge in [-0.1, -0.05) is 86.5 Å². The second-order valence-corrected chi connectivity index (χ2v) is 10.1. The summed E-state index contributed by atoms with van der Waals surface area (Å²) >= 11 is 6.23. The second kappa shape index (κ2) is 12.2. The summed E-state index contributed by atoms with van der Waals surface area (Å²) in [6.07, 6.45) is 1.81. The number of carboxylic acid groups (broad SMARTS) is 1. The zero-order valence-corrected chi connectivity index (χ0v) is 22.2. The molecule has 1 amide bonds. The van der Waals surface area contributed by atoms with Crippen molar-refractivity contribution in [2.45, 2.75) is 38.5 Å². The first kappa shape index (κ1) is 27.3. The third kappa shape index (κ3) is 6.05. The average Bonchev–Trinajstić information content (AvgIpc) is 2.93. The predicted octanol–water partition coefficient (Wildman–Crippen LogP) is 7.80. The zero-order valence-electron chi connectivity index (χ0n) is 21.5. The summed E-state index contributed by atoms with van der Waals surface area (Å²) in [6, 6.07) is 26.3. The van der Waals surface area contributed by atoms with Crippen molar-refractivity contribution in [3.8, 4) is 0 Å². The number of nitrogens with one attached hydrogen (secondary N) is 1. The van der Waals surface area contributed by atoms with Crippen molar-refractivity contribution >= 4 is 34.2 Å². The predicted molar refractivity (Wildman–Crippen MR) is 150 cm³/mol. The van der Waals surface area contributed by atoms with Gasteiger partial charge in [0.05, 0.1) is 5.92 Å². The Bertz CT molecular complexity index is 1420. The van der Waals surface area contributed by atoms with Crippen molar-refractivity contribution in [1.82, 2.24) is 5.32 Å². The van der Waals surface area contributed by atoms with Gasteiger partial charge in [0, 0.05) is 28.4 Å². The molecule has 0 saturated carbocycles. The van der Waals surface area contributed by atoms with Crippen LogP contribution in [-0.2, 0) is 4.79 Å². The molecular formula is C32H31ClFNO3. The SMILES string of the molecule is CCC[C@H](c1ccc(C(=O)NCC(C)C(=O)O)cc1)C(c1ccc(Cl)cc1)c1ccc(F)c2ccccc12. The molecule has 4 nitrogen and oxygen atoms in total. The molecule has 0 bridgehead atoms. The third-order valence-electron chi connectivity index (χ3n) is 7.06. The minimum absolute atomic E-state index is 0.0548. The van der Waals surface area contributed by atoms with Crippen LogP contribution >= 0.6 is 11.6 Å². The number of rotatable bonds is 10. The van der Waals surface area contributed by atoms with E-state index in [2.05, 4.69) is 12.2 Å². The molecule has 4 aromatic rings. The van der Waals surface area contributed by atoms with E-state index < -0.39 is 11.9 Å². The Morgan fingerprint density at radius 1 is 0.895 bits per heavy atom. The van der Waals surface area contributed by atoms with E-state index in [-0.39, 0.29) is 30.1 Å². The van der Waals surface area contributed by atoms with Crippen molar-refractivity contribution in [3.63, 3.8) is 0 Å². The summed E-state index contributed by atoms with van der Waals surface area (Å²) in [7, 11) is 0. The van der Waals surface area contributed by atoms with Crippen molar-refractivity contribution in [1.29, 1.82) is 0 Å². The summed E-state index contributed by atoms with van der Waals surface area (Å²) in [6.45, 7) is 3.75. The van der Waals surface area contributed by atoms with Gasteiger partial charge >= 0.3 is 5.97 Å². The van der Waals surface area contributed by atoms with Gasteiger partial charge in [0.25, 0.3) is 5.91 Å². The monoisotopic (exact) mass is 531 g/mol. The van der Waals surface area contributed by atoms with E-state index in [4.69, 9.17) is 16.7 Å². The van der Waals surface area contributed by atoms with Crippen LogP contribution in [0, 0.1) is 11.7 Å². The molecule has 0 aliphatic heterocycles. The molecule has 4 rings (SSSR count). The molecule has 0 radical (unpaired) electrons. The highest BCUT2D eigenvalue weighted by atomic mass is 35.5.